The Bertz CT molecular complexity index is 1020. The second kappa shape index (κ2) is 6.02. The van der Waals surface area contributed by atoms with E-state index in [1.165, 1.54) is 10.8 Å². The maximum atomic E-state index is 12.8. The van der Waals surface area contributed by atoms with Gasteiger partial charge in [0, 0.05) is 19.3 Å². The molecule has 0 aliphatic heterocycles. The normalized spacial score (nSPS) is 20.9. The van der Waals surface area contributed by atoms with Crippen molar-refractivity contribution in [1.29, 1.82) is 0 Å². The molecule has 0 radical (unpaired) electrons. The van der Waals surface area contributed by atoms with Gasteiger partial charge in [-0.2, -0.15) is 0 Å². The first-order valence-electron chi connectivity index (χ1n) is 8.84. The van der Waals surface area contributed by atoms with Crippen molar-refractivity contribution in [3.8, 4) is 0 Å². The molecule has 1 fully saturated rings. The summed E-state index contributed by atoms with van der Waals surface area (Å²) in [5.74, 6) is 0.353. The molecule has 25 heavy (non-hydrogen) atoms. The molecule has 0 spiro atoms. The van der Waals surface area contributed by atoms with Gasteiger partial charge in [0.15, 0.2) is 0 Å². The molecule has 3 aromatic rings. The Morgan fingerprint density at radius 2 is 2.08 bits per heavy atom. The summed E-state index contributed by atoms with van der Waals surface area (Å²) < 4.78 is 3.22. The van der Waals surface area contributed by atoms with Crippen LogP contribution >= 0.6 is 0 Å². The number of nitrogens with one attached hydrogen (secondary N) is 1. The maximum absolute atomic E-state index is 12.8. The number of fused-ring (bicyclic) bond motifs is 2. The number of aromatic nitrogens is 3. The van der Waals surface area contributed by atoms with Crippen LogP contribution in [0.15, 0.2) is 35.3 Å². The standard InChI is InChI=1S/C19H22N4O2/c1-12-7-3-4-8-14(12)20-18(24)15-11-13-17(22(15)2)21-16-9-5-6-10-23(16)19(13)25/h5-6,9-12,14H,3-4,7-8H2,1-2H3,(H,20,24)/t12-,14+/m1/s1. The van der Waals surface area contributed by atoms with E-state index in [2.05, 4.69) is 17.2 Å². The van der Waals surface area contributed by atoms with Crippen LogP contribution in [0.25, 0.3) is 16.7 Å². The lowest BCUT2D eigenvalue weighted by Gasteiger charge is -2.29. The molecule has 6 nitrogen and oxygen atoms in total. The Labute approximate surface area is 145 Å². The summed E-state index contributed by atoms with van der Waals surface area (Å²) in [7, 11) is 1.79. The zero-order valence-electron chi connectivity index (χ0n) is 14.5. The lowest BCUT2D eigenvalue weighted by molar-refractivity contribution is 0.0902. The van der Waals surface area contributed by atoms with Gasteiger partial charge < -0.3 is 9.88 Å². The van der Waals surface area contributed by atoms with E-state index in [-0.39, 0.29) is 17.5 Å². The quantitative estimate of drug-likeness (QED) is 0.780. The van der Waals surface area contributed by atoms with Crippen LogP contribution in [0, 0.1) is 5.92 Å². The zero-order valence-corrected chi connectivity index (χ0v) is 14.5. The Balaban J connectivity index is 1.76. The third-order valence-corrected chi connectivity index (χ3v) is 5.37. The van der Waals surface area contributed by atoms with Crippen LogP contribution in [0.2, 0.25) is 0 Å². The number of carbonyl (C=O) groups excluding carboxylic acids is 1. The lowest BCUT2D eigenvalue weighted by Crippen LogP contribution is -2.41. The number of hydrogen-bond acceptors (Lipinski definition) is 3. The maximum Gasteiger partial charge on any atom is 0.268 e. The number of nitrogens with zero attached hydrogens (tertiary/aromatic N) is 3. The number of rotatable bonds is 2. The summed E-state index contributed by atoms with van der Waals surface area (Å²) in [5, 5.41) is 3.62. The minimum atomic E-state index is -0.152. The number of pyridine rings is 1. The zero-order chi connectivity index (χ0) is 17.6. The molecule has 3 aromatic heterocycles. The average Bonchev–Trinajstić information content (AvgIpc) is 2.95. The highest BCUT2D eigenvalue weighted by molar-refractivity contribution is 5.98. The second-order valence-corrected chi connectivity index (χ2v) is 7.01. The molecule has 1 amide bonds. The topological polar surface area (TPSA) is 68.4 Å². The van der Waals surface area contributed by atoms with Crippen molar-refractivity contribution in [2.75, 3.05) is 0 Å². The van der Waals surface area contributed by atoms with Crippen molar-refractivity contribution >= 4 is 22.6 Å². The van der Waals surface area contributed by atoms with E-state index in [1.54, 1.807) is 36.0 Å². The smallest absolute Gasteiger partial charge is 0.268 e. The minimum Gasteiger partial charge on any atom is -0.348 e. The van der Waals surface area contributed by atoms with Gasteiger partial charge in [0.05, 0.1) is 5.39 Å². The molecule has 1 N–H and O–H groups in total. The average molecular weight is 338 g/mol. The molecule has 1 aliphatic carbocycles. The molecule has 0 saturated heterocycles. The lowest BCUT2D eigenvalue weighted by atomic mass is 9.86. The Morgan fingerprint density at radius 3 is 2.88 bits per heavy atom. The molecule has 1 saturated carbocycles. The first-order valence-corrected chi connectivity index (χ1v) is 8.84. The summed E-state index contributed by atoms with van der Waals surface area (Å²) in [6.45, 7) is 2.19. The molecule has 2 atom stereocenters. The predicted octanol–water partition coefficient (Wildman–Crippen LogP) is 2.49. The van der Waals surface area contributed by atoms with E-state index in [4.69, 9.17) is 0 Å². The molecule has 130 valence electrons. The van der Waals surface area contributed by atoms with Gasteiger partial charge >= 0.3 is 0 Å². The van der Waals surface area contributed by atoms with Gasteiger partial charge in [0.2, 0.25) is 0 Å². The van der Waals surface area contributed by atoms with Crippen LogP contribution in [0.1, 0.15) is 43.1 Å². The monoisotopic (exact) mass is 338 g/mol. The highest BCUT2D eigenvalue weighted by atomic mass is 16.2. The summed E-state index contributed by atoms with van der Waals surface area (Å²) >= 11 is 0. The molecule has 4 rings (SSSR count). The summed E-state index contributed by atoms with van der Waals surface area (Å²) in [4.78, 5) is 30.0. The number of aryl methyl sites for hydroxylation is 1. The predicted molar refractivity (Wildman–Crippen MR) is 96.8 cm³/mol. The molecule has 3 heterocycles. The van der Waals surface area contributed by atoms with Gasteiger partial charge in [-0.15, -0.1) is 0 Å². The third kappa shape index (κ3) is 2.62. The SMILES string of the molecule is C[C@@H]1CCCC[C@@H]1NC(=O)c1cc2c(=O)n3ccccc3nc2n1C. The van der Waals surface area contributed by atoms with Gasteiger partial charge in [0.25, 0.3) is 11.5 Å². The molecule has 0 unspecified atom stereocenters. The van der Waals surface area contributed by atoms with Crippen molar-refractivity contribution in [3.63, 3.8) is 0 Å². The second-order valence-electron chi connectivity index (χ2n) is 7.01. The molecule has 6 heteroatoms. The number of amides is 1. The van der Waals surface area contributed by atoms with Crippen molar-refractivity contribution < 1.29 is 4.79 Å². The summed E-state index contributed by atoms with van der Waals surface area (Å²) in [5.41, 5.74) is 1.45. The fourth-order valence-corrected chi connectivity index (χ4v) is 3.81. The Kier molecular flexibility index (Phi) is 3.82. The van der Waals surface area contributed by atoms with Crippen LogP contribution < -0.4 is 10.9 Å². The van der Waals surface area contributed by atoms with Gasteiger partial charge in [-0.1, -0.05) is 25.8 Å². The van der Waals surface area contributed by atoms with E-state index in [1.807, 2.05) is 6.07 Å². The highest BCUT2D eigenvalue weighted by Gasteiger charge is 2.25. The summed E-state index contributed by atoms with van der Waals surface area (Å²) in [6.07, 6.45) is 6.24. The van der Waals surface area contributed by atoms with Crippen LogP contribution in [0.3, 0.4) is 0 Å². The number of carbonyl (C=O) groups is 1. The number of hydrogen-bond donors (Lipinski definition) is 1. The van der Waals surface area contributed by atoms with Crippen LogP contribution in [0.5, 0.6) is 0 Å². The van der Waals surface area contributed by atoms with Crippen molar-refractivity contribution in [3.05, 3.63) is 46.5 Å². The largest absolute Gasteiger partial charge is 0.348 e. The van der Waals surface area contributed by atoms with E-state index in [0.29, 0.717) is 28.3 Å². The molecule has 1 aliphatic rings. The molecule has 0 aromatic carbocycles. The fraction of sp³-hybridized carbons (Fsp3) is 0.421. The van der Waals surface area contributed by atoms with Crippen molar-refractivity contribution in [1.82, 2.24) is 19.3 Å². The Hall–Kier alpha value is -2.63. The van der Waals surface area contributed by atoms with E-state index < -0.39 is 0 Å². The first-order chi connectivity index (χ1) is 12.1. The van der Waals surface area contributed by atoms with Crippen LogP contribution in [-0.4, -0.2) is 25.9 Å². The third-order valence-electron chi connectivity index (χ3n) is 5.37. The van der Waals surface area contributed by atoms with E-state index in [0.717, 1.165) is 19.3 Å². The molecular weight excluding hydrogens is 316 g/mol. The van der Waals surface area contributed by atoms with Crippen molar-refractivity contribution in [2.45, 2.75) is 38.6 Å². The molecular formula is C19H22N4O2. The first kappa shape index (κ1) is 15.9. The van der Waals surface area contributed by atoms with E-state index >= 15 is 0 Å². The summed E-state index contributed by atoms with van der Waals surface area (Å²) in [6, 6.07) is 7.29. The fourth-order valence-electron chi connectivity index (χ4n) is 3.81. The van der Waals surface area contributed by atoms with Crippen molar-refractivity contribution in [2.24, 2.45) is 13.0 Å². The van der Waals surface area contributed by atoms with E-state index in [9.17, 15) is 9.59 Å². The van der Waals surface area contributed by atoms with Gasteiger partial charge in [-0.3, -0.25) is 14.0 Å². The van der Waals surface area contributed by atoms with Gasteiger partial charge in [0.1, 0.15) is 17.0 Å². The Morgan fingerprint density at radius 1 is 1.28 bits per heavy atom. The van der Waals surface area contributed by atoms with Gasteiger partial charge in [-0.05, 0) is 37.0 Å². The van der Waals surface area contributed by atoms with Crippen LogP contribution in [0.4, 0.5) is 0 Å². The van der Waals surface area contributed by atoms with Crippen LogP contribution in [-0.2, 0) is 7.05 Å². The molecule has 0 bridgehead atoms. The minimum absolute atomic E-state index is 0.132. The highest BCUT2D eigenvalue weighted by Crippen LogP contribution is 2.24. The van der Waals surface area contributed by atoms with Gasteiger partial charge in [-0.25, -0.2) is 4.98 Å².